The molecule has 0 saturated carbocycles. The normalized spacial score (nSPS) is 13.1. The smallest absolute Gasteiger partial charge is 0.244 e. The Kier molecular flexibility index (Phi) is 9.72. The monoisotopic (exact) mass is 569 g/mol. The van der Waals surface area contributed by atoms with Gasteiger partial charge in [-0.25, -0.2) is 8.42 Å². The van der Waals surface area contributed by atoms with Gasteiger partial charge in [0.25, 0.3) is 0 Å². The van der Waals surface area contributed by atoms with E-state index in [2.05, 4.69) is 26.1 Å². The van der Waals surface area contributed by atoms with E-state index in [0.29, 0.717) is 21.3 Å². The summed E-state index contributed by atoms with van der Waals surface area (Å²) in [4.78, 5) is 28.0. The summed E-state index contributed by atoms with van der Waals surface area (Å²) in [5, 5.41) is 3.55. The topological polar surface area (TPSA) is 86.8 Å². The number of nitrogens with zero attached hydrogens (tertiary/aromatic N) is 2. The Morgan fingerprint density at radius 1 is 0.946 bits per heavy atom. The van der Waals surface area contributed by atoms with Gasteiger partial charge < -0.3 is 10.2 Å². The van der Waals surface area contributed by atoms with E-state index >= 15 is 0 Å². The molecule has 2 aromatic rings. The van der Waals surface area contributed by atoms with Crippen molar-refractivity contribution >= 4 is 50.7 Å². The molecule has 1 atom stereocenters. The highest BCUT2D eigenvalue weighted by Gasteiger charge is 2.32. The lowest BCUT2D eigenvalue weighted by molar-refractivity contribution is -0.140. The van der Waals surface area contributed by atoms with E-state index in [0.717, 1.165) is 16.1 Å². The molecule has 7 nitrogen and oxygen atoms in total. The minimum Gasteiger partial charge on any atom is -0.350 e. The summed E-state index contributed by atoms with van der Waals surface area (Å²) in [5.74, 6) is -0.956. The lowest BCUT2D eigenvalue weighted by atomic mass is 9.87. The van der Waals surface area contributed by atoms with Crippen molar-refractivity contribution in [3.05, 3.63) is 63.6 Å². The molecular weight excluding hydrogens is 533 g/mol. The number of anilines is 1. The van der Waals surface area contributed by atoms with E-state index in [1.807, 2.05) is 32.9 Å². The highest BCUT2D eigenvalue weighted by Crippen LogP contribution is 2.28. The summed E-state index contributed by atoms with van der Waals surface area (Å²) >= 11 is 12.7. The summed E-state index contributed by atoms with van der Waals surface area (Å²) in [6.07, 6.45) is 1.04. The Labute approximate surface area is 231 Å². The first-order chi connectivity index (χ1) is 16.8. The molecule has 0 fully saturated rings. The van der Waals surface area contributed by atoms with Gasteiger partial charge in [-0.2, -0.15) is 0 Å². The van der Waals surface area contributed by atoms with Crippen molar-refractivity contribution in [3.8, 4) is 0 Å². The lowest BCUT2D eigenvalue weighted by Gasteiger charge is -2.33. The van der Waals surface area contributed by atoms with Crippen LogP contribution in [0.5, 0.6) is 0 Å². The first-order valence-corrected chi connectivity index (χ1v) is 14.5. The van der Waals surface area contributed by atoms with Crippen molar-refractivity contribution < 1.29 is 18.0 Å². The van der Waals surface area contributed by atoms with Crippen LogP contribution in [0.15, 0.2) is 42.5 Å². The molecule has 0 unspecified atom stereocenters. The number of rotatable bonds is 8. The van der Waals surface area contributed by atoms with E-state index in [1.165, 1.54) is 4.90 Å². The SMILES string of the molecule is C[C@@H](C(=O)NC(C)(C)C)N(Cc1c(Cl)cccc1Cl)C(=O)CN(c1ccc(C(C)(C)C)cc1)S(C)(=O)=O. The zero-order chi connectivity index (χ0) is 28.3. The van der Waals surface area contributed by atoms with Crippen molar-refractivity contribution in [2.75, 3.05) is 17.1 Å². The van der Waals surface area contributed by atoms with Crippen LogP contribution in [0.1, 0.15) is 59.6 Å². The maximum Gasteiger partial charge on any atom is 0.244 e. The highest BCUT2D eigenvalue weighted by atomic mass is 35.5. The molecule has 2 aromatic carbocycles. The van der Waals surface area contributed by atoms with Crippen molar-refractivity contribution in [3.63, 3.8) is 0 Å². The molecule has 0 aliphatic rings. The zero-order valence-corrected chi connectivity index (χ0v) is 25.1. The van der Waals surface area contributed by atoms with Crippen LogP contribution in [0.25, 0.3) is 0 Å². The number of benzene rings is 2. The van der Waals surface area contributed by atoms with Crippen LogP contribution in [0.4, 0.5) is 5.69 Å². The maximum absolute atomic E-state index is 13.7. The van der Waals surface area contributed by atoms with Crippen LogP contribution in [0, 0.1) is 0 Å². The number of hydrogen-bond donors (Lipinski definition) is 1. The number of halogens is 2. The molecule has 10 heteroatoms. The summed E-state index contributed by atoms with van der Waals surface area (Å²) in [6, 6.07) is 11.1. The molecule has 0 heterocycles. The third-order valence-corrected chi connectivity index (χ3v) is 7.60. The first kappa shape index (κ1) is 30.9. The Morgan fingerprint density at radius 2 is 1.46 bits per heavy atom. The molecule has 204 valence electrons. The van der Waals surface area contributed by atoms with Crippen molar-refractivity contribution in [1.29, 1.82) is 0 Å². The molecule has 2 amide bonds. The van der Waals surface area contributed by atoms with Crippen molar-refractivity contribution in [1.82, 2.24) is 10.2 Å². The van der Waals surface area contributed by atoms with Crippen LogP contribution >= 0.6 is 23.2 Å². The highest BCUT2D eigenvalue weighted by molar-refractivity contribution is 7.92. The van der Waals surface area contributed by atoms with Gasteiger partial charge in [0.2, 0.25) is 21.8 Å². The summed E-state index contributed by atoms with van der Waals surface area (Å²) in [5.41, 5.74) is 1.20. The Morgan fingerprint density at radius 3 is 1.89 bits per heavy atom. The minimum absolute atomic E-state index is 0.0728. The predicted octanol–water partition coefficient (Wildman–Crippen LogP) is 5.39. The van der Waals surface area contributed by atoms with Gasteiger partial charge in [0, 0.05) is 27.7 Å². The second-order valence-electron chi connectivity index (χ2n) is 11.2. The van der Waals surface area contributed by atoms with Crippen LogP contribution in [-0.4, -0.2) is 49.5 Å². The largest absolute Gasteiger partial charge is 0.350 e. The van der Waals surface area contributed by atoms with Gasteiger partial charge in [0.15, 0.2) is 0 Å². The number of carbonyl (C=O) groups excluding carboxylic acids is 2. The first-order valence-electron chi connectivity index (χ1n) is 11.9. The fraction of sp³-hybridized carbons (Fsp3) is 0.481. The number of hydrogen-bond acceptors (Lipinski definition) is 4. The van der Waals surface area contributed by atoms with E-state index in [9.17, 15) is 18.0 Å². The summed E-state index contributed by atoms with van der Waals surface area (Å²) in [7, 11) is -3.83. The molecule has 0 aromatic heterocycles. The Balaban J connectivity index is 2.47. The van der Waals surface area contributed by atoms with Crippen LogP contribution in [0.3, 0.4) is 0 Å². The van der Waals surface area contributed by atoms with Gasteiger partial charge in [-0.1, -0.05) is 62.2 Å². The molecule has 0 saturated heterocycles. The summed E-state index contributed by atoms with van der Waals surface area (Å²) in [6.45, 7) is 12.7. The van der Waals surface area contributed by atoms with Crippen LogP contribution in [0.2, 0.25) is 10.0 Å². The van der Waals surface area contributed by atoms with Gasteiger partial charge in [0.05, 0.1) is 11.9 Å². The third-order valence-electron chi connectivity index (χ3n) is 5.76. The average Bonchev–Trinajstić information content (AvgIpc) is 2.74. The Bertz CT molecular complexity index is 1210. The van der Waals surface area contributed by atoms with Gasteiger partial charge in [-0.15, -0.1) is 0 Å². The molecule has 0 radical (unpaired) electrons. The molecule has 0 bridgehead atoms. The van der Waals surface area contributed by atoms with E-state index < -0.39 is 34.1 Å². The quantitative estimate of drug-likeness (QED) is 0.461. The predicted molar refractivity (Wildman–Crippen MR) is 152 cm³/mol. The maximum atomic E-state index is 13.7. The minimum atomic E-state index is -3.83. The number of amides is 2. The van der Waals surface area contributed by atoms with Gasteiger partial charge >= 0.3 is 0 Å². The molecular formula is C27H37Cl2N3O4S. The van der Waals surface area contributed by atoms with Crippen LogP contribution < -0.4 is 9.62 Å². The Hall–Kier alpha value is -2.29. The van der Waals surface area contributed by atoms with Gasteiger partial charge in [0.1, 0.15) is 12.6 Å². The second-order valence-corrected chi connectivity index (χ2v) is 13.9. The second kappa shape index (κ2) is 11.6. The summed E-state index contributed by atoms with van der Waals surface area (Å²) < 4.78 is 26.6. The van der Waals surface area contributed by atoms with E-state index in [-0.39, 0.29) is 17.9 Å². The van der Waals surface area contributed by atoms with E-state index in [1.54, 1.807) is 37.3 Å². The molecule has 0 aliphatic heterocycles. The fourth-order valence-corrected chi connectivity index (χ4v) is 5.02. The van der Waals surface area contributed by atoms with Crippen molar-refractivity contribution in [2.24, 2.45) is 0 Å². The number of nitrogens with one attached hydrogen (secondary N) is 1. The van der Waals surface area contributed by atoms with Gasteiger partial charge in [-0.05, 0) is 62.9 Å². The number of sulfonamides is 1. The molecule has 0 spiro atoms. The zero-order valence-electron chi connectivity index (χ0n) is 22.7. The van der Waals surface area contributed by atoms with Gasteiger partial charge in [-0.3, -0.25) is 13.9 Å². The fourth-order valence-electron chi connectivity index (χ4n) is 3.65. The lowest BCUT2D eigenvalue weighted by Crippen LogP contribution is -2.54. The third kappa shape index (κ3) is 8.62. The van der Waals surface area contributed by atoms with E-state index in [4.69, 9.17) is 23.2 Å². The molecule has 2 rings (SSSR count). The molecule has 37 heavy (non-hydrogen) atoms. The number of carbonyl (C=O) groups is 2. The standard InChI is InChI=1S/C27H37Cl2N3O4S/c1-18(25(34)30-27(5,6)7)31(16-21-22(28)10-9-11-23(21)29)24(33)17-32(37(8,35)36)20-14-12-19(13-15-20)26(2,3)4/h9-15,18H,16-17H2,1-8H3,(H,30,34)/t18-/m0/s1. The molecule has 1 N–H and O–H groups in total. The van der Waals surface area contributed by atoms with Crippen molar-refractivity contribution in [2.45, 2.75) is 72.0 Å². The molecule has 0 aliphatic carbocycles. The average molecular weight is 571 g/mol. The van der Waals surface area contributed by atoms with Crippen LogP contribution in [-0.2, 0) is 31.6 Å².